The minimum Gasteiger partial charge on any atom is -0.497 e. The van der Waals surface area contributed by atoms with Gasteiger partial charge in [-0.05, 0) is 36.8 Å². The van der Waals surface area contributed by atoms with Gasteiger partial charge in [-0.15, -0.1) is 0 Å². The number of anilines is 1. The lowest BCUT2D eigenvalue weighted by atomic mass is 10.1. The van der Waals surface area contributed by atoms with Gasteiger partial charge >= 0.3 is 0 Å². The molecule has 0 bridgehead atoms. The Hall–Kier alpha value is -3.74. The molecule has 0 unspecified atom stereocenters. The fourth-order valence-corrected chi connectivity index (χ4v) is 2.61. The van der Waals surface area contributed by atoms with Gasteiger partial charge in [0.2, 0.25) is 0 Å². The summed E-state index contributed by atoms with van der Waals surface area (Å²) in [7, 11) is 1.55. The second kappa shape index (κ2) is 8.77. The Balaban J connectivity index is 1.74. The topological polar surface area (TPSA) is 93.2 Å². The van der Waals surface area contributed by atoms with Gasteiger partial charge in [-0.25, -0.2) is 9.97 Å². The molecule has 0 radical (unpaired) electrons. The van der Waals surface area contributed by atoms with Gasteiger partial charge in [-0.2, -0.15) is 0 Å². The van der Waals surface area contributed by atoms with E-state index in [4.69, 9.17) is 4.74 Å². The molecule has 3 rings (SSSR count). The molecule has 142 valence electrons. The molecule has 0 saturated carbocycles. The lowest BCUT2D eigenvalue weighted by Gasteiger charge is -2.15. The van der Waals surface area contributed by atoms with Crippen molar-refractivity contribution in [3.8, 4) is 5.75 Å². The van der Waals surface area contributed by atoms with E-state index >= 15 is 0 Å². The zero-order chi connectivity index (χ0) is 19.9. The molecule has 0 saturated heterocycles. The SMILES string of the molecule is COc1ccc(C(=O)Nc2nccnc2C(=O)N[C@H](C)c2ccccc2)cc1. The third-order valence-corrected chi connectivity index (χ3v) is 4.14. The number of carbonyl (C=O) groups is 2. The standard InChI is InChI=1S/C21H20N4O3/c1-14(15-6-4-3-5-7-15)24-21(27)18-19(23-13-12-22-18)25-20(26)16-8-10-17(28-2)11-9-16/h3-14H,1-2H3,(H,24,27)(H,23,25,26)/t14-/m1/s1. The minimum absolute atomic E-state index is 0.0483. The zero-order valence-corrected chi connectivity index (χ0v) is 15.5. The van der Waals surface area contributed by atoms with E-state index in [-0.39, 0.29) is 17.6 Å². The number of aromatic nitrogens is 2. The van der Waals surface area contributed by atoms with Crippen molar-refractivity contribution in [2.45, 2.75) is 13.0 Å². The highest BCUT2D eigenvalue weighted by atomic mass is 16.5. The number of nitrogens with one attached hydrogen (secondary N) is 2. The number of carbonyl (C=O) groups excluding carboxylic acids is 2. The number of hydrogen-bond acceptors (Lipinski definition) is 5. The summed E-state index contributed by atoms with van der Waals surface area (Å²) in [6.45, 7) is 1.87. The predicted octanol–water partition coefficient (Wildman–Crippen LogP) is 3.23. The first-order valence-electron chi connectivity index (χ1n) is 8.70. The predicted molar refractivity (Wildman–Crippen MR) is 105 cm³/mol. The van der Waals surface area contributed by atoms with Crippen LogP contribution in [-0.2, 0) is 0 Å². The Labute approximate surface area is 162 Å². The van der Waals surface area contributed by atoms with Crippen molar-refractivity contribution in [2.24, 2.45) is 0 Å². The smallest absolute Gasteiger partial charge is 0.274 e. The largest absolute Gasteiger partial charge is 0.497 e. The maximum absolute atomic E-state index is 12.7. The molecule has 2 amide bonds. The van der Waals surface area contributed by atoms with Crippen molar-refractivity contribution < 1.29 is 14.3 Å². The van der Waals surface area contributed by atoms with E-state index < -0.39 is 11.8 Å². The molecule has 1 atom stereocenters. The summed E-state index contributed by atoms with van der Waals surface area (Å²) < 4.78 is 5.08. The summed E-state index contributed by atoms with van der Waals surface area (Å²) in [4.78, 5) is 33.3. The quantitative estimate of drug-likeness (QED) is 0.689. The zero-order valence-electron chi connectivity index (χ0n) is 15.5. The summed E-state index contributed by atoms with van der Waals surface area (Å²) in [5, 5.41) is 5.52. The third kappa shape index (κ3) is 4.50. The Morgan fingerprint density at radius 2 is 1.61 bits per heavy atom. The van der Waals surface area contributed by atoms with Crippen molar-refractivity contribution >= 4 is 17.6 Å². The summed E-state index contributed by atoms with van der Waals surface area (Å²) in [5.41, 5.74) is 1.42. The number of benzene rings is 2. The van der Waals surface area contributed by atoms with E-state index in [2.05, 4.69) is 20.6 Å². The summed E-state index contributed by atoms with van der Waals surface area (Å²) in [5.74, 6) is -0.0742. The fraction of sp³-hybridized carbons (Fsp3) is 0.143. The van der Waals surface area contributed by atoms with Crippen molar-refractivity contribution in [2.75, 3.05) is 12.4 Å². The molecule has 0 spiro atoms. The monoisotopic (exact) mass is 376 g/mol. The van der Waals surface area contributed by atoms with Crippen LogP contribution in [-0.4, -0.2) is 28.9 Å². The Bertz CT molecular complexity index is 959. The molecule has 1 aromatic heterocycles. The van der Waals surface area contributed by atoms with Gasteiger partial charge in [0.15, 0.2) is 11.5 Å². The van der Waals surface area contributed by atoms with E-state index in [9.17, 15) is 9.59 Å². The van der Waals surface area contributed by atoms with Crippen LogP contribution in [0.1, 0.15) is 39.4 Å². The van der Waals surface area contributed by atoms with Gasteiger partial charge in [0.25, 0.3) is 11.8 Å². The van der Waals surface area contributed by atoms with Gasteiger partial charge in [0, 0.05) is 18.0 Å². The number of ether oxygens (including phenoxy) is 1. The summed E-state index contributed by atoms with van der Waals surface area (Å²) in [6.07, 6.45) is 2.83. The van der Waals surface area contributed by atoms with Crippen LogP contribution in [0.5, 0.6) is 5.75 Å². The van der Waals surface area contributed by atoms with Gasteiger partial charge in [0.05, 0.1) is 13.2 Å². The molecule has 0 fully saturated rings. The molecular weight excluding hydrogens is 356 g/mol. The first kappa shape index (κ1) is 19.0. The van der Waals surface area contributed by atoms with E-state index in [0.717, 1.165) is 5.56 Å². The second-order valence-corrected chi connectivity index (χ2v) is 6.04. The van der Waals surface area contributed by atoms with Gasteiger partial charge < -0.3 is 15.4 Å². The van der Waals surface area contributed by atoms with E-state index in [1.54, 1.807) is 31.4 Å². The lowest BCUT2D eigenvalue weighted by molar-refractivity contribution is 0.0935. The van der Waals surface area contributed by atoms with Crippen molar-refractivity contribution in [1.29, 1.82) is 0 Å². The van der Waals surface area contributed by atoms with E-state index in [1.807, 2.05) is 37.3 Å². The van der Waals surface area contributed by atoms with Crippen molar-refractivity contribution in [1.82, 2.24) is 15.3 Å². The molecule has 0 aliphatic rings. The van der Waals surface area contributed by atoms with Crippen LogP contribution in [0, 0.1) is 0 Å². The normalized spacial score (nSPS) is 11.4. The van der Waals surface area contributed by atoms with Gasteiger partial charge in [0.1, 0.15) is 5.75 Å². The number of methoxy groups -OCH3 is 1. The Morgan fingerprint density at radius 3 is 2.29 bits per heavy atom. The number of hydrogen-bond donors (Lipinski definition) is 2. The van der Waals surface area contributed by atoms with Crippen molar-refractivity contribution in [3.63, 3.8) is 0 Å². The average Bonchev–Trinajstić information content (AvgIpc) is 2.74. The van der Waals surface area contributed by atoms with Crippen LogP contribution in [0.25, 0.3) is 0 Å². The molecule has 3 aromatic rings. The second-order valence-electron chi connectivity index (χ2n) is 6.04. The highest BCUT2D eigenvalue weighted by molar-refractivity contribution is 6.07. The van der Waals surface area contributed by atoms with Crippen LogP contribution in [0.15, 0.2) is 67.0 Å². The van der Waals surface area contributed by atoms with Crippen LogP contribution in [0.4, 0.5) is 5.82 Å². The van der Waals surface area contributed by atoms with Gasteiger partial charge in [-0.3, -0.25) is 9.59 Å². The molecule has 0 aliphatic heterocycles. The highest BCUT2D eigenvalue weighted by Crippen LogP contribution is 2.16. The van der Waals surface area contributed by atoms with Crippen LogP contribution in [0.3, 0.4) is 0 Å². The number of amides is 2. The fourth-order valence-electron chi connectivity index (χ4n) is 2.61. The van der Waals surface area contributed by atoms with Gasteiger partial charge in [-0.1, -0.05) is 30.3 Å². The Kier molecular flexibility index (Phi) is 5.96. The van der Waals surface area contributed by atoms with Crippen LogP contribution in [0.2, 0.25) is 0 Å². The lowest BCUT2D eigenvalue weighted by Crippen LogP contribution is -2.29. The molecule has 0 aliphatic carbocycles. The highest BCUT2D eigenvalue weighted by Gasteiger charge is 2.19. The average molecular weight is 376 g/mol. The Morgan fingerprint density at radius 1 is 0.929 bits per heavy atom. The maximum Gasteiger partial charge on any atom is 0.274 e. The molecule has 7 heteroatoms. The number of nitrogens with zero attached hydrogens (tertiary/aromatic N) is 2. The summed E-state index contributed by atoms with van der Waals surface area (Å²) in [6, 6.07) is 16.0. The molecule has 28 heavy (non-hydrogen) atoms. The third-order valence-electron chi connectivity index (χ3n) is 4.14. The molecule has 1 heterocycles. The summed E-state index contributed by atoms with van der Waals surface area (Å²) >= 11 is 0. The maximum atomic E-state index is 12.7. The molecular formula is C21H20N4O3. The van der Waals surface area contributed by atoms with E-state index in [0.29, 0.717) is 11.3 Å². The molecule has 2 aromatic carbocycles. The van der Waals surface area contributed by atoms with E-state index in [1.165, 1.54) is 12.4 Å². The van der Waals surface area contributed by atoms with Crippen LogP contribution < -0.4 is 15.4 Å². The number of rotatable bonds is 6. The molecule has 7 nitrogen and oxygen atoms in total. The van der Waals surface area contributed by atoms with Crippen molar-refractivity contribution in [3.05, 3.63) is 83.8 Å². The minimum atomic E-state index is -0.422. The van der Waals surface area contributed by atoms with Crippen LogP contribution >= 0.6 is 0 Å². The first-order valence-corrected chi connectivity index (χ1v) is 8.70. The molecule has 2 N–H and O–H groups in total. The first-order chi connectivity index (χ1) is 13.6.